The maximum absolute atomic E-state index is 5.86. The summed E-state index contributed by atoms with van der Waals surface area (Å²) in [6, 6.07) is 8.34. The Bertz CT molecular complexity index is 1080. The molecule has 0 radical (unpaired) electrons. The van der Waals surface area contributed by atoms with E-state index >= 15 is 0 Å². The Morgan fingerprint density at radius 2 is 1.82 bits per heavy atom. The Morgan fingerprint density at radius 1 is 1.03 bits per heavy atom. The van der Waals surface area contributed by atoms with Crippen LogP contribution in [0.4, 0.5) is 5.69 Å². The lowest BCUT2D eigenvalue weighted by Crippen LogP contribution is -2.46. The van der Waals surface area contributed by atoms with Crippen molar-refractivity contribution in [3.63, 3.8) is 0 Å². The highest BCUT2D eigenvalue weighted by Crippen LogP contribution is 2.26. The highest BCUT2D eigenvalue weighted by molar-refractivity contribution is 5.62. The summed E-state index contributed by atoms with van der Waals surface area (Å²) in [5.41, 5.74) is 5.30. The van der Waals surface area contributed by atoms with Crippen molar-refractivity contribution in [2.75, 3.05) is 44.3 Å². The molecule has 5 rings (SSSR count). The molecule has 180 valence electrons. The molecule has 0 N–H and O–H groups in total. The van der Waals surface area contributed by atoms with Crippen LogP contribution < -0.4 is 4.90 Å². The summed E-state index contributed by atoms with van der Waals surface area (Å²) in [6.45, 7) is 13.4. The number of imidazole rings is 1. The maximum Gasteiger partial charge on any atom is 0.175 e. The summed E-state index contributed by atoms with van der Waals surface area (Å²) in [5.74, 6) is 0. The van der Waals surface area contributed by atoms with Crippen LogP contribution in [-0.2, 0) is 22.6 Å². The first kappa shape index (κ1) is 23.0. The second-order valence-corrected chi connectivity index (χ2v) is 10.1. The van der Waals surface area contributed by atoms with E-state index in [4.69, 9.17) is 14.5 Å². The predicted octanol–water partition coefficient (Wildman–Crippen LogP) is 3.37. The minimum absolute atomic E-state index is 0.0745. The van der Waals surface area contributed by atoms with Gasteiger partial charge >= 0.3 is 0 Å². The van der Waals surface area contributed by atoms with Gasteiger partial charge in [-0.1, -0.05) is 19.9 Å². The number of anilines is 1. The number of aryl methyl sites for hydroxylation is 1. The fourth-order valence-electron chi connectivity index (χ4n) is 4.47. The lowest BCUT2D eigenvalue weighted by molar-refractivity contribution is -0.226. The molecule has 0 bridgehead atoms. The molecule has 0 spiro atoms. The van der Waals surface area contributed by atoms with Gasteiger partial charge in [-0.25, -0.2) is 4.98 Å². The van der Waals surface area contributed by atoms with E-state index in [0.29, 0.717) is 19.8 Å². The van der Waals surface area contributed by atoms with Crippen LogP contribution in [0.2, 0.25) is 0 Å². The van der Waals surface area contributed by atoms with Crippen molar-refractivity contribution in [3.8, 4) is 11.4 Å². The first-order chi connectivity index (χ1) is 16.4. The predicted molar refractivity (Wildman–Crippen MR) is 131 cm³/mol. The minimum atomic E-state index is -0.233. The monoisotopic (exact) mass is 462 g/mol. The van der Waals surface area contributed by atoms with E-state index in [1.54, 1.807) is 0 Å². The first-order valence-corrected chi connectivity index (χ1v) is 12.0. The molecule has 34 heavy (non-hydrogen) atoms. The summed E-state index contributed by atoms with van der Waals surface area (Å²) in [7, 11) is 0. The SMILES string of the molecule is Cc1cc(N2CCN(Cc3ccccn3)CC2)cnc1-c1cn(CC2OCC(C)(C)CO2)cn1. The topological polar surface area (TPSA) is 68.5 Å². The van der Waals surface area contributed by atoms with E-state index in [1.807, 2.05) is 35.6 Å². The first-order valence-electron chi connectivity index (χ1n) is 12.0. The fourth-order valence-corrected chi connectivity index (χ4v) is 4.47. The zero-order valence-corrected chi connectivity index (χ0v) is 20.4. The molecule has 8 nitrogen and oxygen atoms in total. The second-order valence-electron chi connectivity index (χ2n) is 10.1. The Morgan fingerprint density at radius 3 is 2.53 bits per heavy atom. The molecule has 0 aromatic carbocycles. The van der Waals surface area contributed by atoms with E-state index in [-0.39, 0.29) is 11.7 Å². The van der Waals surface area contributed by atoms with Gasteiger partial charge < -0.3 is 18.9 Å². The molecule has 0 saturated carbocycles. The van der Waals surface area contributed by atoms with Gasteiger partial charge in [-0.3, -0.25) is 14.9 Å². The van der Waals surface area contributed by atoms with Gasteiger partial charge in [-0.05, 0) is 30.7 Å². The van der Waals surface area contributed by atoms with E-state index in [1.165, 1.54) is 5.69 Å². The van der Waals surface area contributed by atoms with Crippen molar-refractivity contribution in [1.29, 1.82) is 0 Å². The van der Waals surface area contributed by atoms with Crippen molar-refractivity contribution < 1.29 is 9.47 Å². The van der Waals surface area contributed by atoms with Crippen LogP contribution in [0, 0.1) is 12.3 Å². The van der Waals surface area contributed by atoms with E-state index < -0.39 is 0 Å². The van der Waals surface area contributed by atoms with Crippen molar-refractivity contribution in [1.82, 2.24) is 24.4 Å². The second kappa shape index (κ2) is 9.82. The van der Waals surface area contributed by atoms with E-state index in [0.717, 1.165) is 55.4 Å². The van der Waals surface area contributed by atoms with Crippen molar-refractivity contribution in [2.24, 2.45) is 5.41 Å². The zero-order chi connectivity index (χ0) is 23.5. The van der Waals surface area contributed by atoms with Gasteiger partial charge in [0, 0.05) is 50.5 Å². The lowest BCUT2D eigenvalue weighted by atomic mass is 9.96. The quantitative estimate of drug-likeness (QED) is 0.556. The van der Waals surface area contributed by atoms with Crippen LogP contribution in [0.25, 0.3) is 11.4 Å². The smallest absolute Gasteiger partial charge is 0.175 e. The Labute approximate surface area is 201 Å². The third-order valence-electron chi connectivity index (χ3n) is 6.47. The van der Waals surface area contributed by atoms with Crippen LogP contribution in [-0.4, -0.2) is 70.1 Å². The largest absolute Gasteiger partial charge is 0.368 e. The Kier molecular flexibility index (Phi) is 6.63. The number of piperazine rings is 1. The van der Waals surface area contributed by atoms with E-state index in [9.17, 15) is 0 Å². The molecule has 0 amide bonds. The third-order valence-corrected chi connectivity index (χ3v) is 6.47. The van der Waals surface area contributed by atoms with Gasteiger partial charge in [0.05, 0.1) is 49.4 Å². The number of rotatable bonds is 6. The van der Waals surface area contributed by atoms with Gasteiger partial charge in [-0.15, -0.1) is 0 Å². The molecule has 3 aromatic heterocycles. The summed E-state index contributed by atoms with van der Waals surface area (Å²) in [4.78, 5) is 18.7. The molecule has 2 aliphatic heterocycles. The third kappa shape index (κ3) is 5.46. The van der Waals surface area contributed by atoms with Crippen molar-refractivity contribution >= 4 is 5.69 Å². The molecular weight excluding hydrogens is 428 g/mol. The van der Waals surface area contributed by atoms with Gasteiger partial charge in [0.15, 0.2) is 6.29 Å². The van der Waals surface area contributed by atoms with Gasteiger partial charge in [0.1, 0.15) is 5.69 Å². The average molecular weight is 463 g/mol. The number of aromatic nitrogens is 4. The Hall–Kier alpha value is -2.81. The molecule has 8 heteroatoms. The summed E-state index contributed by atoms with van der Waals surface area (Å²) >= 11 is 0. The van der Waals surface area contributed by atoms with Gasteiger partial charge in [0.25, 0.3) is 0 Å². The summed E-state index contributed by atoms with van der Waals surface area (Å²) < 4.78 is 13.7. The molecule has 0 aliphatic carbocycles. The van der Waals surface area contributed by atoms with Crippen LogP contribution >= 0.6 is 0 Å². The number of ether oxygens (including phenoxy) is 2. The van der Waals surface area contributed by atoms with Crippen molar-refractivity contribution in [2.45, 2.75) is 40.2 Å². The standard InChI is InChI=1S/C26H34N6O2/c1-20-12-22(32-10-8-30(9-11-32)14-21-6-4-5-7-27-21)13-28-25(20)23-15-31(19-29-23)16-24-33-17-26(2,3)18-34-24/h4-7,12-13,15,19,24H,8-11,14,16-18H2,1-3H3. The van der Waals surface area contributed by atoms with Crippen LogP contribution in [0.1, 0.15) is 25.1 Å². The molecule has 3 aromatic rings. The number of hydrogen-bond donors (Lipinski definition) is 0. The molecular formula is C26H34N6O2. The molecule has 2 aliphatic rings. The van der Waals surface area contributed by atoms with Crippen molar-refractivity contribution in [3.05, 3.63) is 60.4 Å². The summed E-state index contributed by atoms with van der Waals surface area (Å²) in [5, 5.41) is 0. The highest BCUT2D eigenvalue weighted by Gasteiger charge is 2.28. The van der Waals surface area contributed by atoms with E-state index in [2.05, 4.69) is 58.7 Å². The van der Waals surface area contributed by atoms with Crippen LogP contribution in [0.3, 0.4) is 0 Å². The number of nitrogens with zero attached hydrogens (tertiary/aromatic N) is 6. The lowest BCUT2D eigenvalue weighted by Gasteiger charge is -2.36. The Balaban J connectivity index is 1.18. The van der Waals surface area contributed by atoms with Crippen LogP contribution in [0.15, 0.2) is 49.2 Å². The molecule has 2 saturated heterocycles. The fraction of sp³-hybridized carbons (Fsp3) is 0.500. The molecule has 5 heterocycles. The van der Waals surface area contributed by atoms with Gasteiger partial charge in [0.2, 0.25) is 0 Å². The zero-order valence-electron chi connectivity index (χ0n) is 20.4. The van der Waals surface area contributed by atoms with Crippen LogP contribution in [0.5, 0.6) is 0 Å². The molecule has 2 fully saturated rings. The average Bonchev–Trinajstić information content (AvgIpc) is 3.30. The minimum Gasteiger partial charge on any atom is -0.368 e. The number of pyridine rings is 2. The molecule has 0 atom stereocenters. The highest BCUT2D eigenvalue weighted by atomic mass is 16.7. The maximum atomic E-state index is 5.86. The normalized spacial score (nSPS) is 19.4. The summed E-state index contributed by atoms with van der Waals surface area (Å²) in [6.07, 6.45) is 7.46. The number of hydrogen-bond acceptors (Lipinski definition) is 7. The molecule has 0 unspecified atom stereocenters. The van der Waals surface area contributed by atoms with Gasteiger partial charge in [-0.2, -0.15) is 0 Å².